The average Bonchev–Trinajstić information content (AvgIpc) is 2.90. The topological polar surface area (TPSA) is 59.2 Å². The third-order valence-electron chi connectivity index (χ3n) is 2.63. The number of aromatic hydroxyl groups is 1. The molecule has 1 N–H and O–H groups in total. The standard InChI is InChI=1S/C14H9IN2O2/c15-11-5-1-9(2-6-11)13-16-17-14(19-13)10-3-7-12(18)8-4-10/h1-8,18H. The highest BCUT2D eigenvalue weighted by Crippen LogP contribution is 2.25. The molecule has 0 bridgehead atoms. The van der Waals surface area contributed by atoms with Crippen LogP contribution >= 0.6 is 22.6 Å². The zero-order valence-electron chi connectivity index (χ0n) is 9.75. The number of hydrogen-bond donors (Lipinski definition) is 1. The molecule has 19 heavy (non-hydrogen) atoms. The van der Waals surface area contributed by atoms with Gasteiger partial charge in [-0.15, -0.1) is 10.2 Å². The summed E-state index contributed by atoms with van der Waals surface area (Å²) in [6, 6.07) is 14.5. The van der Waals surface area contributed by atoms with Gasteiger partial charge >= 0.3 is 0 Å². The molecule has 0 aliphatic heterocycles. The van der Waals surface area contributed by atoms with Crippen molar-refractivity contribution in [1.82, 2.24) is 10.2 Å². The van der Waals surface area contributed by atoms with E-state index in [0.29, 0.717) is 11.8 Å². The van der Waals surface area contributed by atoms with Gasteiger partial charge in [-0.2, -0.15) is 0 Å². The molecule has 4 nitrogen and oxygen atoms in total. The Balaban J connectivity index is 1.95. The highest BCUT2D eigenvalue weighted by molar-refractivity contribution is 14.1. The molecule has 0 amide bonds. The molecule has 3 aromatic rings. The lowest BCUT2D eigenvalue weighted by Gasteiger charge is -1.96. The number of aromatic nitrogens is 2. The molecule has 5 heteroatoms. The zero-order valence-corrected chi connectivity index (χ0v) is 11.9. The largest absolute Gasteiger partial charge is 0.508 e. The summed E-state index contributed by atoms with van der Waals surface area (Å²) in [5.41, 5.74) is 1.67. The van der Waals surface area contributed by atoms with Crippen LogP contribution in [-0.2, 0) is 0 Å². The second-order valence-electron chi connectivity index (χ2n) is 3.97. The Kier molecular flexibility index (Phi) is 3.20. The zero-order chi connectivity index (χ0) is 13.2. The van der Waals surface area contributed by atoms with Crippen molar-refractivity contribution in [2.45, 2.75) is 0 Å². The number of hydrogen-bond acceptors (Lipinski definition) is 4. The first kappa shape index (κ1) is 12.2. The number of benzene rings is 2. The van der Waals surface area contributed by atoms with Gasteiger partial charge in [0.15, 0.2) is 0 Å². The molecule has 1 heterocycles. The number of phenols is 1. The third kappa shape index (κ3) is 2.60. The molecular weight excluding hydrogens is 355 g/mol. The minimum atomic E-state index is 0.209. The maximum atomic E-state index is 9.25. The van der Waals surface area contributed by atoms with Gasteiger partial charge in [-0.1, -0.05) is 0 Å². The highest BCUT2D eigenvalue weighted by Gasteiger charge is 2.10. The Morgan fingerprint density at radius 1 is 0.789 bits per heavy atom. The van der Waals surface area contributed by atoms with Crippen LogP contribution in [0.5, 0.6) is 5.75 Å². The van der Waals surface area contributed by atoms with Crippen molar-refractivity contribution in [2.24, 2.45) is 0 Å². The van der Waals surface area contributed by atoms with Gasteiger partial charge in [0.25, 0.3) is 0 Å². The Labute approximate surface area is 123 Å². The molecule has 3 rings (SSSR count). The number of halogens is 1. The van der Waals surface area contributed by atoms with E-state index in [1.165, 1.54) is 0 Å². The normalized spacial score (nSPS) is 10.6. The second kappa shape index (κ2) is 5.00. The van der Waals surface area contributed by atoms with Gasteiger partial charge in [0.1, 0.15) is 5.75 Å². The molecule has 0 atom stereocenters. The van der Waals surface area contributed by atoms with Crippen molar-refractivity contribution in [3.63, 3.8) is 0 Å². The quantitative estimate of drug-likeness (QED) is 0.705. The van der Waals surface area contributed by atoms with Crippen molar-refractivity contribution in [3.8, 4) is 28.7 Å². The molecule has 0 spiro atoms. The minimum Gasteiger partial charge on any atom is -0.508 e. The lowest BCUT2D eigenvalue weighted by Crippen LogP contribution is -1.77. The summed E-state index contributed by atoms with van der Waals surface area (Å²) in [4.78, 5) is 0. The molecule has 0 saturated heterocycles. The van der Waals surface area contributed by atoms with Crippen LogP contribution in [-0.4, -0.2) is 15.3 Å². The van der Waals surface area contributed by atoms with E-state index < -0.39 is 0 Å². The van der Waals surface area contributed by atoms with E-state index in [4.69, 9.17) is 4.42 Å². The average molecular weight is 364 g/mol. The van der Waals surface area contributed by atoms with Gasteiger partial charge in [0, 0.05) is 14.7 Å². The fourth-order valence-corrected chi connectivity index (χ4v) is 2.01. The maximum Gasteiger partial charge on any atom is 0.248 e. The minimum absolute atomic E-state index is 0.209. The molecule has 2 aromatic carbocycles. The van der Waals surface area contributed by atoms with Gasteiger partial charge in [0.05, 0.1) is 0 Å². The van der Waals surface area contributed by atoms with Gasteiger partial charge in [0.2, 0.25) is 11.8 Å². The number of rotatable bonds is 2. The summed E-state index contributed by atoms with van der Waals surface area (Å²) < 4.78 is 6.78. The Morgan fingerprint density at radius 2 is 1.26 bits per heavy atom. The second-order valence-corrected chi connectivity index (χ2v) is 5.21. The van der Waals surface area contributed by atoms with E-state index in [1.54, 1.807) is 24.3 Å². The Bertz CT molecular complexity index is 630. The van der Waals surface area contributed by atoms with Crippen LogP contribution < -0.4 is 0 Å². The smallest absolute Gasteiger partial charge is 0.248 e. The predicted molar refractivity (Wildman–Crippen MR) is 79.6 cm³/mol. The first-order chi connectivity index (χ1) is 9.22. The summed E-state index contributed by atoms with van der Waals surface area (Å²) in [5.74, 6) is 1.13. The van der Waals surface area contributed by atoms with E-state index >= 15 is 0 Å². The summed E-state index contributed by atoms with van der Waals surface area (Å²) in [5, 5.41) is 17.3. The lowest BCUT2D eigenvalue weighted by atomic mass is 10.2. The molecule has 94 valence electrons. The monoisotopic (exact) mass is 364 g/mol. The van der Waals surface area contributed by atoms with Crippen LogP contribution in [0, 0.1) is 3.57 Å². The fraction of sp³-hybridized carbons (Fsp3) is 0. The fourth-order valence-electron chi connectivity index (χ4n) is 1.65. The van der Waals surface area contributed by atoms with Crippen molar-refractivity contribution in [3.05, 3.63) is 52.1 Å². The van der Waals surface area contributed by atoms with Crippen LogP contribution in [0.15, 0.2) is 52.9 Å². The van der Waals surface area contributed by atoms with Crippen LogP contribution in [0.2, 0.25) is 0 Å². The Morgan fingerprint density at radius 3 is 1.79 bits per heavy atom. The molecule has 0 radical (unpaired) electrons. The maximum absolute atomic E-state index is 9.25. The summed E-state index contributed by atoms with van der Waals surface area (Å²) >= 11 is 2.24. The highest BCUT2D eigenvalue weighted by atomic mass is 127. The van der Waals surface area contributed by atoms with Crippen LogP contribution in [0.4, 0.5) is 0 Å². The van der Waals surface area contributed by atoms with Crippen molar-refractivity contribution in [2.75, 3.05) is 0 Å². The van der Waals surface area contributed by atoms with Crippen molar-refractivity contribution >= 4 is 22.6 Å². The van der Waals surface area contributed by atoms with Gasteiger partial charge < -0.3 is 9.52 Å². The predicted octanol–water partition coefficient (Wildman–Crippen LogP) is 3.71. The van der Waals surface area contributed by atoms with Crippen LogP contribution in [0.3, 0.4) is 0 Å². The summed E-state index contributed by atoms with van der Waals surface area (Å²) in [6.45, 7) is 0. The Hall–Kier alpha value is -1.89. The number of nitrogens with zero attached hydrogens (tertiary/aromatic N) is 2. The number of phenolic OH excluding ortho intramolecular Hbond substituents is 1. The van der Waals surface area contributed by atoms with E-state index in [1.807, 2.05) is 24.3 Å². The van der Waals surface area contributed by atoms with E-state index in [0.717, 1.165) is 14.7 Å². The van der Waals surface area contributed by atoms with Crippen molar-refractivity contribution in [1.29, 1.82) is 0 Å². The molecule has 0 aliphatic carbocycles. The van der Waals surface area contributed by atoms with Crippen LogP contribution in [0.25, 0.3) is 22.9 Å². The molecular formula is C14H9IN2O2. The van der Waals surface area contributed by atoms with Gasteiger partial charge in [-0.25, -0.2) is 0 Å². The lowest BCUT2D eigenvalue weighted by molar-refractivity contribution is 0.475. The first-order valence-corrected chi connectivity index (χ1v) is 6.69. The molecule has 0 unspecified atom stereocenters. The van der Waals surface area contributed by atoms with Crippen molar-refractivity contribution < 1.29 is 9.52 Å². The summed E-state index contributed by atoms with van der Waals surface area (Å²) in [7, 11) is 0. The summed E-state index contributed by atoms with van der Waals surface area (Å²) in [6.07, 6.45) is 0. The SMILES string of the molecule is Oc1ccc(-c2nnc(-c3ccc(I)cc3)o2)cc1. The third-order valence-corrected chi connectivity index (χ3v) is 3.35. The van der Waals surface area contributed by atoms with E-state index in [2.05, 4.69) is 32.8 Å². The molecule has 0 fully saturated rings. The van der Waals surface area contributed by atoms with E-state index in [9.17, 15) is 5.11 Å². The molecule has 0 saturated carbocycles. The first-order valence-electron chi connectivity index (χ1n) is 5.61. The molecule has 1 aromatic heterocycles. The van der Waals surface area contributed by atoms with Gasteiger partial charge in [-0.3, -0.25) is 0 Å². The van der Waals surface area contributed by atoms with Crippen LogP contribution in [0.1, 0.15) is 0 Å². The van der Waals surface area contributed by atoms with E-state index in [-0.39, 0.29) is 5.75 Å². The van der Waals surface area contributed by atoms with Gasteiger partial charge in [-0.05, 0) is 71.1 Å². The molecule has 0 aliphatic rings.